The summed E-state index contributed by atoms with van der Waals surface area (Å²) in [5.74, 6) is 1.75. The second-order valence-corrected chi connectivity index (χ2v) is 8.02. The molecule has 0 bridgehead atoms. The molecule has 0 N–H and O–H groups in total. The van der Waals surface area contributed by atoms with Gasteiger partial charge in [0.05, 0.1) is 12.6 Å². The van der Waals surface area contributed by atoms with Gasteiger partial charge in [0, 0.05) is 36.8 Å². The molecule has 2 aromatic heterocycles. The Morgan fingerprint density at radius 2 is 1.79 bits per heavy atom. The summed E-state index contributed by atoms with van der Waals surface area (Å²) in [5, 5.41) is 11.6. The third kappa shape index (κ3) is 3.49. The van der Waals surface area contributed by atoms with E-state index in [-0.39, 0.29) is 0 Å². The maximum Gasteiger partial charge on any atom is 0.147 e. The first kappa shape index (κ1) is 18.5. The van der Waals surface area contributed by atoms with Gasteiger partial charge >= 0.3 is 0 Å². The number of hydrogen-bond acceptors (Lipinski definition) is 3. The van der Waals surface area contributed by atoms with Crippen molar-refractivity contribution < 1.29 is 4.74 Å². The minimum Gasteiger partial charge on any atom is -0.494 e. The maximum absolute atomic E-state index is 5.58. The van der Waals surface area contributed by atoms with E-state index in [1.165, 1.54) is 16.5 Å². The molecule has 0 aliphatic carbocycles. The molecule has 0 fully saturated rings. The van der Waals surface area contributed by atoms with E-state index >= 15 is 0 Å². The molecular weight excluding hydrogens is 348 g/mol. The van der Waals surface area contributed by atoms with Gasteiger partial charge in [0.25, 0.3) is 0 Å². The molecule has 0 saturated carbocycles. The lowest BCUT2D eigenvalue weighted by Crippen LogP contribution is -2.03. The first-order valence-corrected chi connectivity index (χ1v) is 9.93. The van der Waals surface area contributed by atoms with Crippen molar-refractivity contribution in [2.75, 3.05) is 7.11 Å². The normalized spacial score (nSPS) is 12.9. The van der Waals surface area contributed by atoms with Crippen LogP contribution < -0.4 is 4.74 Å². The number of aromatic nitrogens is 4. The molecule has 0 spiro atoms. The van der Waals surface area contributed by atoms with Gasteiger partial charge in [0.15, 0.2) is 0 Å². The molecule has 146 valence electrons. The third-order valence-corrected chi connectivity index (χ3v) is 5.54. The van der Waals surface area contributed by atoms with Crippen LogP contribution in [0.2, 0.25) is 0 Å². The Morgan fingerprint density at radius 1 is 0.964 bits per heavy atom. The van der Waals surface area contributed by atoms with E-state index in [1.807, 2.05) is 16.4 Å². The summed E-state index contributed by atoms with van der Waals surface area (Å²) in [4.78, 5) is 0. The van der Waals surface area contributed by atoms with Crippen molar-refractivity contribution in [3.63, 3.8) is 0 Å². The molecule has 4 rings (SSSR count). The highest BCUT2D eigenvalue weighted by atomic mass is 16.5. The Hall–Kier alpha value is -2.82. The minimum absolute atomic E-state index is 0.437. The van der Waals surface area contributed by atoms with Crippen molar-refractivity contribution >= 4 is 21.8 Å². The second kappa shape index (κ2) is 7.30. The van der Waals surface area contributed by atoms with E-state index < -0.39 is 0 Å². The van der Waals surface area contributed by atoms with Crippen molar-refractivity contribution in [3.05, 3.63) is 53.9 Å². The predicted molar refractivity (Wildman–Crippen MR) is 114 cm³/mol. The summed E-state index contributed by atoms with van der Waals surface area (Å²) in [7, 11) is 3.68. The number of rotatable bonds is 6. The van der Waals surface area contributed by atoms with Crippen LogP contribution in [0, 0.1) is 0 Å². The van der Waals surface area contributed by atoms with Gasteiger partial charge in [-0.3, -0.25) is 9.36 Å². The van der Waals surface area contributed by atoms with Gasteiger partial charge in [-0.25, -0.2) is 0 Å². The number of nitrogens with zero attached hydrogens (tertiary/aromatic N) is 4. The molecule has 4 aromatic rings. The van der Waals surface area contributed by atoms with Crippen LogP contribution in [0.15, 0.2) is 42.7 Å². The summed E-state index contributed by atoms with van der Waals surface area (Å²) in [6, 6.07) is 10.9. The van der Waals surface area contributed by atoms with Crippen molar-refractivity contribution in [2.24, 2.45) is 7.05 Å². The van der Waals surface area contributed by atoms with E-state index in [0.717, 1.165) is 35.1 Å². The molecule has 0 radical (unpaired) electrons. The van der Waals surface area contributed by atoms with E-state index in [2.05, 4.69) is 68.6 Å². The second-order valence-electron chi connectivity index (χ2n) is 8.02. The van der Waals surface area contributed by atoms with Crippen LogP contribution in [0.3, 0.4) is 0 Å². The van der Waals surface area contributed by atoms with E-state index in [9.17, 15) is 0 Å². The van der Waals surface area contributed by atoms with Gasteiger partial charge in [-0.2, -0.15) is 10.2 Å². The minimum atomic E-state index is 0.437. The number of methoxy groups -OCH3 is 1. The quantitative estimate of drug-likeness (QED) is 0.462. The summed E-state index contributed by atoms with van der Waals surface area (Å²) in [6.45, 7) is 7.54. The highest BCUT2D eigenvalue weighted by molar-refractivity contribution is 5.85. The lowest BCUT2D eigenvalue weighted by molar-refractivity contribution is 0.417. The standard InChI is InChI=1S/C23H28N4O/c1-15(2)19-10-20-14-27(25-23(20)22(12-19)28-5)9-8-16(3)17-6-7-18-13-26(4)24-21(18)11-17/h6-7,10-16H,8-9H2,1-5H3. The molecule has 0 aliphatic rings. The van der Waals surface area contributed by atoms with Gasteiger partial charge in [0.1, 0.15) is 11.3 Å². The summed E-state index contributed by atoms with van der Waals surface area (Å²) >= 11 is 0. The largest absolute Gasteiger partial charge is 0.494 e. The molecule has 0 aliphatic heterocycles. The van der Waals surface area contributed by atoms with Crippen LogP contribution in [0.5, 0.6) is 5.75 Å². The van der Waals surface area contributed by atoms with Crippen LogP contribution >= 0.6 is 0 Å². The van der Waals surface area contributed by atoms with Crippen molar-refractivity contribution in [1.29, 1.82) is 0 Å². The van der Waals surface area contributed by atoms with Gasteiger partial charge in [0.2, 0.25) is 0 Å². The number of benzene rings is 2. The molecule has 28 heavy (non-hydrogen) atoms. The molecule has 2 heterocycles. The van der Waals surface area contributed by atoms with Crippen LogP contribution in [-0.4, -0.2) is 26.7 Å². The molecule has 1 unspecified atom stereocenters. The van der Waals surface area contributed by atoms with Crippen LogP contribution in [-0.2, 0) is 13.6 Å². The molecule has 2 aromatic carbocycles. The summed E-state index contributed by atoms with van der Waals surface area (Å²) < 4.78 is 9.50. The molecular formula is C23H28N4O. The highest BCUT2D eigenvalue weighted by Crippen LogP contribution is 2.30. The van der Waals surface area contributed by atoms with Gasteiger partial charge in [-0.15, -0.1) is 0 Å². The van der Waals surface area contributed by atoms with Crippen molar-refractivity contribution in [3.8, 4) is 5.75 Å². The monoisotopic (exact) mass is 376 g/mol. The number of ether oxygens (including phenoxy) is 1. The fourth-order valence-electron chi connectivity index (χ4n) is 3.73. The van der Waals surface area contributed by atoms with Gasteiger partial charge in [-0.05, 0) is 47.6 Å². The van der Waals surface area contributed by atoms with Crippen molar-refractivity contribution in [2.45, 2.75) is 45.6 Å². The highest BCUT2D eigenvalue weighted by Gasteiger charge is 2.13. The first-order chi connectivity index (χ1) is 13.4. The topological polar surface area (TPSA) is 44.9 Å². The third-order valence-electron chi connectivity index (χ3n) is 5.54. The number of fused-ring (bicyclic) bond motifs is 2. The van der Waals surface area contributed by atoms with Crippen LogP contribution in [0.1, 0.15) is 50.2 Å². The average molecular weight is 377 g/mol. The Kier molecular flexibility index (Phi) is 4.84. The number of hydrogen-bond donors (Lipinski definition) is 0. The fraction of sp³-hybridized carbons (Fsp3) is 0.391. The zero-order valence-electron chi connectivity index (χ0n) is 17.3. The number of aryl methyl sites for hydroxylation is 2. The zero-order chi connectivity index (χ0) is 19.8. The van der Waals surface area contributed by atoms with Crippen molar-refractivity contribution in [1.82, 2.24) is 19.6 Å². The molecule has 0 saturated heterocycles. The lowest BCUT2D eigenvalue weighted by Gasteiger charge is -2.11. The smallest absolute Gasteiger partial charge is 0.147 e. The Balaban J connectivity index is 1.54. The maximum atomic E-state index is 5.58. The fourth-order valence-corrected chi connectivity index (χ4v) is 3.73. The molecule has 1 atom stereocenters. The van der Waals surface area contributed by atoms with Crippen LogP contribution in [0.25, 0.3) is 21.8 Å². The van der Waals surface area contributed by atoms with Crippen LogP contribution in [0.4, 0.5) is 0 Å². The summed E-state index contributed by atoms with van der Waals surface area (Å²) in [5.41, 5.74) is 4.60. The molecule has 5 heteroatoms. The first-order valence-electron chi connectivity index (χ1n) is 9.93. The predicted octanol–water partition coefficient (Wildman–Crippen LogP) is 5.25. The zero-order valence-corrected chi connectivity index (χ0v) is 17.3. The van der Waals surface area contributed by atoms with E-state index in [4.69, 9.17) is 9.84 Å². The SMILES string of the molecule is COc1cc(C(C)C)cc2cn(CCC(C)c3ccc4cn(C)nc4c3)nc12. The Bertz CT molecular complexity index is 1120. The van der Waals surface area contributed by atoms with E-state index in [1.54, 1.807) is 7.11 Å². The molecule has 0 amide bonds. The molecule has 5 nitrogen and oxygen atoms in total. The summed E-state index contributed by atoms with van der Waals surface area (Å²) in [6.07, 6.45) is 5.21. The van der Waals surface area contributed by atoms with Gasteiger partial charge < -0.3 is 4.74 Å². The Morgan fingerprint density at radius 3 is 2.54 bits per heavy atom. The lowest BCUT2D eigenvalue weighted by atomic mass is 9.97. The average Bonchev–Trinajstić information content (AvgIpc) is 3.26. The van der Waals surface area contributed by atoms with Gasteiger partial charge in [-0.1, -0.05) is 32.9 Å². The Labute approximate surface area is 165 Å². The van der Waals surface area contributed by atoms with E-state index in [0.29, 0.717) is 11.8 Å².